The van der Waals surface area contributed by atoms with Crippen molar-refractivity contribution in [1.82, 2.24) is 15.0 Å². The van der Waals surface area contributed by atoms with Crippen molar-refractivity contribution in [3.8, 4) is 11.5 Å². The topological polar surface area (TPSA) is 148 Å². The fourth-order valence-electron chi connectivity index (χ4n) is 4.77. The number of nitro benzene ring substituents is 1. The molecular formula is C28H32N8O5. The molecule has 13 heteroatoms. The molecule has 0 saturated carbocycles. The number of ether oxygens (including phenoxy) is 2. The third kappa shape index (κ3) is 7.04. The lowest BCUT2D eigenvalue weighted by molar-refractivity contribution is -0.384. The van der Waals surface area contributed by atoms with Crippen molar-refractivity contribution < 1.29 is 19.2 Å². The summed E-state index contributed by atoms with van der Waals surface area (Å²) in [5.41, 5.74) is 3.70. The molecule has 3 aromatic rings. The number of methoxy groups -OCH3 is 1. The van der Waals surface area contributed by atoms with Crippen molar-refractivity contribution in [3.63, 3.8) is 0 Å². The normalized spacial score (nSPS) is 15.5. The predicted molar refractivity (Wildman–Crippen MR) is 154 cm³/mol. The van der Waals surface area contributed by atoms with E-state index in [-0.39, 0.29) is 17.0 Å². The number of hydrogen-bond donors (Lipinski definition) is 1. The summed E-state index contributed by atoms with van der Waals surface area (Å²) in [6.45, 7) is 3.69. The first kappa shape index (κ1) is 27.7. The molecule has 0 spiro atoms. The van der Waals surface area contributed by atoms with E-state index < -0.39 is 10.9 Å². The molecule has 0 bridgehead atoms. The molecule has 2 aromatic carbocycles. The Kier molecular flexibility index (Phi) is 8.82. The summed E-state index contributed by atoms with van der Waals surface area (Å²) in [6.07, 6.45) is 8.50. The van der Waals surface area contributed by atoms with Crippen LogP contribution in [-0.2, 0) is 0 Å². The third-order valence-electron chi connectivity index (χ3n) is 6.97. The number of rotatable bonds is 9. The van der Waals surface area contributed by atoms with E-state index in [1.54, 1.807) is 24.4 Å². The van der Waals surface area contributed by atoms with E-state index in [1.165, 1.54) is 44.2 Å². The van der Waals surface area contributed by atoms with Gasteiger partial charge in [0, 0.05) is 38.3 Å². The van der Waals surface area contributed by atoms with Crippen molar-refractivity contribution >= 4 is 35.7 Å². The second kappa shape index (κ2) is 13.0. The molecule has 41 heavy (non-hydrogen) atoms. The van der Waals surface area contributed by atoms with Crippen LogP contribution in [0.15, 0.2) is 47.6 Å². The van der Waals surface area contributed by atoms with Crippen LogP contribution in [0.25, 0.3) is 0 Å². The van der Waals surface area contributed by atoms with E-state index in [0.717, 1.165) is 51.9 Å². The van der Waals surface area contributed by atoms with Crippen LogP contribution in [-0.4, -0.2) is 65.3 Å². The van der Waals surface area contributed by atoms with Crippen molar-refractivity contribution in [2.24, 2.45) is 5.10 Å². The quantitative estimate of drug-likeness (QED) is 0.130. The fraction of sp³-hybridized carbons (Fsp3) is 0.393. The molecule has 13 nitrogen and oxygen atoms in total. The van der Waals surface area contributed by atoms with Gasteiger partial charge in [0.15, 0.2) is 11.5 Å². The molecule has 0 radical (unpaired) electrons. The lowest BCUT2D eigenvalue weighted by Crippen LogP contribution is -2.34. The molecule has 0 unspecified atom stereocenters. The molecule has 0 amide bonds. The SMILES string of the molecule is COc1cc(/C=N/Nc2nc(N3CCCCC3)nc(N3CCCCC3)n2)ccc1OC(=O)c1ccc([N+](=O)[O-])cc1. The fourth-order valence-corrected chi connectivity index (χ4v) is 4.77. The zero-order chi connectivity index (χ0) is 28.6. The van der Waals surface area contributed by atoms with Gasteiger partial charge in [-0.3, -0.25) is 10.1 Å². The molecule has 3 heterocycles. The average Bonchev–Trinajstić information content (AvgIpc) is 3.02. The first-order valence-corrected chi connectivity index (χ1v) is 13.7. The van der Waals surface area contributed by atoms with Gasteiger partial charge in [0.2, 0.25) is 17.8 Å². The number of hydrogen-bond acceptors (Lipinski definition) is 12. The Morgan fingerprint density at radius 1 is 0.902 bits per heavy atom. The van der Waals surface area contributed by atoms with Crippen LogP contribution in [0.4, 0.5) is 23.5 Å². The molecule has 2 saturated heterocycles. The number of anilines is 3. The summed E-state index contributed by atoms with van der Waals surface area (Å²) in [5.74, 6) is 1.57. The van der Waals surface area contributed by atoms with Gasteiger partial charge in [0.1, 0.15) is 0 Å². The maximum Gasteiger partial charge on any atom is 0.343 e. The molecule has 214 valence electrons. The number of aromatic nitrogens is 3. The van der Waals surface area contributed by atoms with Crippen LogP contribution >= 0.6 is 0 Å². The number of nitrogens with one attached hydrogen (secondary N) is 1. The summed E-state index contributed by atoms with van der Waals surface area (Å²) >= 11 is 0. The van der Waals surface area contributed by atoms with Gasteiger partial charge in [-0.15, -0.1) is 0 Å². The smallest absolute Gasteiger partial charge is 0.343 e. The maximum atomic E-state index is 12.6. The van der Waals surface area contributed by atoms with Gasteiger partial charge >= 0.3 is 5.97 Å². The first-order valence-electron chi connectivity index (χ1n) is 13.7. The largest absolute Gasteiger partial charge is 0.493 e. The number of non-ortho nitro benzene ring substituents is 1. The van der Waals surface area contributed by atoms with Gasteiger partial charge in [-0.25, -0.2) is 10.2 Å². The summed E-state index contributed by atoms with van der Waals surface area (Å²) < 4.78 is 10.9. The molecule has 2 aliphatic rings. The van der Waals surface area contributed by atoms with Crippen molar-refractivity contribution in [2.45, 2.75) is 38.5 Å². The molecule has 5 rings (SSSR count). The summed E-state index contributed by atoms with van der Waals surface area (Å²) in [7, 11) is 1.47. The highest BCUT2D eigenvalue weighted by atomic mass is 16.6. The van der Waals surface area contributed by atoms with Gasteiger partial charge in [-0.05, 0) is 74.4 Å². The number of nitro groups is 1. The standard InChI is InChI=1S/C28H32N8O5/c1-40-24-18-20(8-13-23(24)41-25(37)21-9-11-22(12-10-21)36(38)39)19-29-33-26-30-27(34-14-4-2-5-15-34)32-28(31-26)35-16-6-3-7-17-35/h8-13,18-19H,2-7,14-17H2,1H3,(H,30,31,32,33)/b29-19+. The number of hydrazone groups is 1. The molecule has 2 fully saturated rings. The highest BCUT2D eigenvalue weighted by Gasteiger charge is 2.20. The molecular weight excluding hydrogens is 528 g/mol. The predicted octanol–water partition coefficient (Wildman–Crippen LogP) is 4.43. The van der Waals surface area contributed by atoms with Gasteiger partial charge in [-0.1, -0.05) is 0 Å². The lowest BCUT2D eigenvalue weighted by atomic mass is 10.1. The van der Waals surface area contributed by atoms with Crippen LogP contribution in [0.5, 0.6) is 11.5 Å². The minimum atomic E-state index is -0.662. The second-order valence-electron chi connectivity index (χ2n) is 9.83. The Morgan fingerprint density at radius 3 is 2.07 bits per heavy atom. The average molecular weight is 561 g/mol. The van der Waals surface area contributed by atoms with E-state index in [9.17, 15) is 14.9 Å². The van der Waals surface area contributed by atoms with Crippen molar-refractivity contribution in [3.05, 3.63) is 63.7 Å². The Morgan fingerprint density at radius 2 is 1.51 bits per heavy atom. The molecule has 1 N–H and O–H groups in total. The van der Waals surface area contributed by atoms with Crippen LogP contribution in [0.2, 0.25) is 0 Å². The number of piperidine rings is 2. The van der Waals surface area contributed by atoms with Crippen LogP contribution in [0, 0.1) is 10.1 Å². The Balaban J connectivity index is 1.28. The number of benzene rings is 2. The lowest BCUT2D eigenvalue weighted by Gasteiger charge is -2.30. The third-order valence-corrected chi connectivity index (χ3v) is 6.97. The summed E-state index contributed by atoms with van der Waals surface area (Å²) in [4.78, 5) is 41.3. The number of carbonyl (C=O) groups excluding carboxylic acids is 1. The molecule has 0 atom stereocenters. The zero-order valence-corrected chi connectivity index (χ0v) is 22.9. The van der Waals surface area contributed by atoms with E-state index in [1.807, 2.05) is 0 Å². The van der Waals surface area contributed by atoms with Crippen LogP contribution < -0.4 is 24.7 Å². The van der Waals surface area contributed by atoms with E-state index in [4.69, 9.17) is 14.5 Å². The number of esters is 1. The van der Waals surface area contributed by atoms with Crippen LogP contribution in [0.1, 0.15) is 54.4 Å². The van der Waals surface area contributed by atoms with Gasteiger partial charge in [0.05, 0.1) is 23.8 Å². The zero-order valence-electron chi connectivity index (χ0n) is 22.9. The second-order valence-corrected chi connectivity index (χ2v) is 9.83. The van der Waals surface area contributed by atoms with Crippen LogP contribution in [0.3, 0.4) is 0 Å². The molecule has 1 aromatic heterocycles. The number of nitrogens with zero attached hydrogens (tertiary/aromatic N) is 7. The highest BCUT2D eigenvalue weighted by Crippen LogP contribution is 2.29. The van der Waals surface area contributed by atoms with Crippen molar-refractivity contribution in [1.29, 1.82) is 0 Å². The van der Waals surface area contributed by atoms with E-state index >= 15 is 0 Å². The highest BCUT2D eigenvalue weighted by molar-refractivity contribution is 5.92. The molecule has 0 aliphatic carbocycles. The molecule has 2 aliphatic heterocycles. The van der Waals surface area contributed by atoms with Gasteiger partial charge in [-0.2, -0.15) is 20.1 Å². The summed E-state index contributed by atoms with van der Waals surface area (Å²) in [5, 5.41) is 15.2. The Labute approximate surface area is 237 Å². The van der Waals surface area contributed by atoms with Gasteiger partial charge < -0.3 is 19.3 Å². The minimum Gasteiger partial charge on any atom is -0.493 e. The van der Waals surface area contributed by atoms with E-state index in [0.29, 0.717) is 29.2 Å². The maximum absolute atomic E-state index is 12.6. The Hall–Kier alpha value is -4.81. The Bertz CT molecular complexity index is 1370. The first-order chi connectivity index (χ1) is 20.0. The minimum absolute atomic E-state index is 0.112. The summed E-state index contributed by atoms with van der Waals surface area (Å²) in [6, 6.07) is 10.2. The van der Waals surface area contributed by atoms with E-state index in [2.05, 4.69) is 30.3 Å². The monoisotopic (exact) mass is 560 g/mol. The number of carbonyl (C=O) groups is 1. The van der Waals surface area contributed by atoms with Crippen molar-refractivity contribution in [2.75, 3.05) is 48.5 Å². The van der Waals surface area contributed by atoms with Gasteiger partial charge in [0.25, 0.3) is 5.69 Å².